The molecular formula is C13H10F3NO3S2. The van der Waals surface area contributed by atoms with Crippen LogP contribution in [0.5, 0.6) is 0 Å². The van der Waals surface area contributed by atoms with Gasteiger partial charge in [-0.05, 0) is 29.9 Å². The Bertz CT molecular complexity index is 775. The topological polar surface area (TPSA) is 75.0 Å². The summed E-state index contributed by atoms with van der Waals surface area (Å²) in [7, 11) is -4.08. The molecule has 0 saturated carbocycles. The minimum Gasteiger partial charge on any atom is -0.288 e. The van der Waals surface area contributed by atoms with Gasteiger partial charge in [0.2, 0.25) is 5.78 Å². The lowest BCUT2D eigenvalue weighted by atomic mass is 10.0. The Balaban J connectivity index is 3.61. The molecule has 118 valence electrons. The Hall–Kier alpha value is -1.79. The molecule has 0 heterocycles. The van der Waals surface area contributed by atoms with Gasteiger partial charge in [0.1, 0.15) is 11.6 Å². The second-order valence-corrected chi connectivity index (χ2v) is 6.88. The molecule has 0 radical (unpaired) electrons. The van der Waals surface area contributed by atoms with Gasteiger partial charge < -0.3 is 0 Å². The normalized spacial score (nSPS) is 12.8. The lowest BCUT2D eigenvalue weighted by molar-refractivity contribution is -0.137. The van der Waals surface area contributed by atoms with Gasteiger partial charge in [0.15, 0.2) is 9.84 Å². The minimum atomic E-state index is -4.74. The summed E-state index contributed by atoms with van der Waals surface area (Å²) in [6.07, 6.45) is -2.47. The highest BCUT2D eigenvalue weighted by molar-refractivity contribution is 8.01. The molecule has 0 aromatic heterocycles. The summed E-state index contributed by atoms with van der Waals surface area (Å²) < 4.78 is 61.4. The average molecular weight is 349 g/mol. The molecular weight excluding hydrogens is 339 g/mol. The van der Waals surface area contributed by atoms with Crippen LogP contribution < -0.4 is 0 Å². The van der Waals surface area contributed by atoms with Gasteiger partial charge in [0.25, 0.3) is 0 Å². The number of alkyl halides is 3. The number of Topliss-reactive ketones (excluding diaryl/α,β-unsaturated/α-hetero) is 1. The number of halogens is 3. The number of carbonyl (C=O) groups is 1. The van der Waals surface area contributed by atoms with E-state index in [1.165, 1.54) is 5.41 Å². The van der Waals surface area contributed by atoms with Crippen molar-refractivity contribution in [2.75, 3.05) is 12.5 Å². The monoisotopic (exact) mass is 349 g/mol. The summed E-state index contributed by atoms with van der Waals surface area (Å²) in [4.78, 5) is 11.4. The number of ketones is 1. The standard InChI is InChI=1S/C13H10F3NO3S2/c1-21-7-8(6-17)12(18)10-4-3-9(13(14,15)16)5-11(10)22(2,19)20/h3-5,7H,1-2H3. The van der Waals surface area contributed by atoms with Crippen molar-refractivity contribution >= 4 is 27.4 Å². The third-order valence-electron chi connectivity index (χ3n) is 2.55. The summed E-state index contributed by atoms with van der Waals surface area (Å²) in [5, 5.41) is 10.1. The number of benzene rings is 1. The minimum absolute atomic E-state index is 0.350. The van der Waals surface area contributed by atoms with Gasteiger partial charge in [-0.1, -0.05) is 0 Å². The average Bonchev–Trinajstić information content (AvgIpc) is 2.41. The van der Waals surface area contributed by atoms with Crippen LogP contribution in [-0.2, 0) is 16.0 Å². The van der Waals surface area contributed by atoms with Gasteiger partial charge in [-0.25, -0.2) is 8.42 Å². The van der Waals surface area contributed by atoms with Crippen molar-refractivity contribution in [3.8, 4) is 6.07 Å². The lowest BCUT2D eigenvalue weighted by Crippen LogP contribution is -2.13. The van der Waals surface area contributed by atoms with Crippen LogP contribution in [0.2, 0.25) is 0 Å². The maximum absolute atomic E-state index is 12.7. The van der Waals surface area contributed by atoms with Gasteiger partial charge in [0.05, 0.1) is 10.5 Å². The molecule has 1 aromatic rings. The molecule has 0 aliphatic carbocycles. The van der Waals surface area contributed by atoms with Crippen LogP contribution in [-0.4, -0.2) is 26.7 Å². The van der Waals surface area contributed by atoms with Crippen molar-refractivity contribution < 1.29 is 26.4 Å². The first kappa shape index (κ1) is 18.3. The van der Waals surface area contributed by atoms with E-state index in [0.717, 1.165) is 17.8 Å². The van der Waals surface area contributed by atoms with Crippen LogP contribution in [0.25, 0.3) is 0 Å². The summed E-state index contributed by atoms with van der Waals surface area (Å²) in [6.45, 7) is 0. The molecule has 1 rings (SSSR count). The van der Waals surface area contributed by atoms with Crippen molar-refractivity contribution in [1.82, 2.24) is 0 Å². The molecule has 0 bridgehead atoms. The van der Waals surface area contributed by atoms with Crippen molar-refractivity contribution in [2.24, 2.45) is 0 Å². The molecule has 0 saturated heterocycles. The predicted molar refractivity (Wildman–Crippen MR) is 76.1 cm³/mol. The van der Waals surface area contributed by atoms with Crippen LogP contribution in [0.3, 0.4) is 0 Å². The van der Waals surface area contributed by atoms with Gasteiger partial charge >= 0.3 is 6.18 Å². The Morgan fingerprint density at radius 3 is 2.36 bits per heavy atom. The quantitative estimate of drug-likeness (QED) is 0.474. The highest BCUT2D eigenvalue weighted by atomic mass is 32.2. The molecule has 1 aromatic carbocycles. The number of rotatable bonds is 4. The van der Waals surface area contributed by atoms with Crippen LogP contribution in [0.15, 0.2) is 34.1 Å². The Labute approximate surface area is 129 Å². The SMILES string of the molecule is CSC=C(C#N)C(=O)c1ccc(C(F)(F)F)cc1S(C)(=O)=O. The molecule has 22 heavy (non-hydrogen) atoms. The van der Waals surface area contributed by atoms with Crippen molar-refractivity contribution in [3.05, 3.63) is 40.3 Å². The highest BCUT2D eigenvalue weighted by Crippen LogP contribution is 2.32. The summed E-state index contributed by atoms with van der Waals surface area (Å²) in [6, 6.07) is 3.38. The van der Waals surface area contributed by atoms with E-state index in [0.29, 0.717) is 18.4 Å². The number of nitriles is 1. The largest absolute Gasteiger partial charge is 0.416 e. The van der Waals surface area contributed by atoms with Crippen LogP contribution in [0, 0.1) is 11.3 Å². The van der Waals surface area contributed by atoms with Gasteiger partial charge in [-0.2, -0.15) is 18.4 Å². The van der Waals surface area contributed by atoms with E-state index in [2.05, 4.69) is 0 Å². The molecule has 0 N–H and O–H groups in total. The number of hydrogen-bond donors (Lipinski definition) is 0. The number of carbonyl (C=O) groups excluding carboxylic acids is 1. The molecule has 0 fully saturated rings. The first-order valence-corrected chi connectivity index (χ1v) is 8.79. The fraction of sp³-hybridized carbons (Fsp3) is 0.231. The summed E-state index contributed by atoms with van der Waals surface area (Å²) >= 11 is 1.04. The Kier molecular flexibility index (Phi) is 5.43. The van der Waals surface area contributed by atoms with Gasteiger partial charge in [-0.3, -0.25) is 4.79 Å². The van der Waals surface area contributed by atoms with Gasteiger partial charge in [0, 0.05) is 11.8 Å². The second-order valence-electron chi connectivity index (χ2n) is 4.19. The predicted octanol–water partition coefficient (Wildman–Crippen LogP) is 3.06. The first-order valence-electron chi connectivity index (χ1n) is 5.61. The number of allylic oxidation sites excluding steroid dienone is 1. The molecule has 0 amide bonds. The zero-order valence-electron chi connectivity index (χ0n) is 11.4. The van der Waals surface area contributed by atoms with Crippen LogP contribution in [0.4, 0.5) is 13.2 Å². The van der Waals surface area contributed by atoms with E-state index in [1.54, 1.807) is 12.3 Å². The molecule has 4 nitrogen and oxygen atoms in total. The van der Waals surface area contributed by atoms with E-state index in [4.69, 9.17) is 5.26 Å². The maximum atomic E-state index is 12.7. The number of hydrogen-bond acceptors (Lipinski definition) is 5. The van der Waals surface area contributed by atoms with Crippen LogP contribution in [0.1, 0.15) is 15.9 Å². The molecule has 0 atom stereocenters. The highest BCUT2D eigenvalue weighted by Gasteiger charge is 2.33. The van der Waals surface area contributed by atoms with Crippen molar-refractivity contribution in [3.63, 3.8) is 0 Å². The fourth-order valence-corrected chi connectivity index (χ4v) is 2.88. The third-order valence-corrected chi connectivity index (χ3v) is 4.16. The van der Waals surface area contributed by atoms with E-state index in [-0.39, 0.29) is 5.57 Å². The third kappa shape index (κ3) is 4.11. The van der Waals surface area contributed by atoms with E-state index in [9.17, 15) is 26.4 Å². The lowest BCUT2D eigenvalue weighted by Gasteiger charge is -2.11. The Morgan fingerprint density at radius 1 is 1.36 bits per heavy atom. The van der Waals surface area contributed by atoms with Crippen LogP contribution >= 0.6 is 11.8 Å². The zero-order chi connectivity index (χ0) is 17.1. The maximum Gasteiger partial charge on any atom is 0.416 e. The molecule has 0 aliphatic heterocycles. The van der Waals surface area contributed by atoms with Gasteiger partial charge in [-0.15, -0.1) is 11.8 Å². The molecule has 0 spiro atoms. The number of nitrogens with zero attached hydrogens (tertiary/aromatic N) is 1. The van der Waals surface area contributed by atoms with E-state index in [1.807, 2.05) is 0 Å². The smallest absolute Gasteiger partial charge is 0.288 e. The molecule has 9 heteroatoms. The second kappa shape index (κ2) is 6.54. The number of thioether (sulfide) groups is 1. The van der Waals surface area contributed by atoms with E-state index < -0.39 is 37.8 Å². The fourth-order valence-electron chi connectivity index (χ4n) is 1.59. The Morgan fingerprint density at radius 2 is 1.95 bits per heavy atom. The van der Waals surface area contributed by atoms with Crippen molar-refractivity contribution in [1.29, 1.82) is 5.26 Å². The number of sulfone groups is 1. The molecule has 0 unspecified atom stereocenters. The zero-order valence-corrected chi connectivity index (χ0v) is 13.1. The summed E-state index contributed by atoms with van der Waals surface area (Å²) in [5.41, 5.74) is -1.99. The van der Waals surface area contributed by atoms with Crippen molar-refractivity contribution in [2.45, 2.75) is 11.1 Å². The van der Waals surface area contributed by atoms with E-state index >= 15 is 0 Å². The first-order chi connectivity index (χ1) is 10.0. The molecule has 0 aliphatic rings. The summed E-state index contributed by atoms with van der Waals surface area (Å²) in [5.74, 6) is -0.939.